The number of cyclic esters (lactones) is 1. The molecule has 4 heterocycles. The first-order valence-electron chi connectivity index (χ1n) is 31.7. The highest BCUT2D eigenvalue weighted by Gasteiger charge is 2.46. The number of rotatable bonds is 10. The second-order valence-corrected chi connectivity index (χ2v) is 25.2. The van der Waals surface area contributed by atoms with Crippen molar-refractivity contribution in [3.05, 3.63) is 138 Å². The van der Waals surface area contributed by atoms with Crippen molar-refractivity contribution in [3.63, 3.8) is 0 Å². The minimum absolute atomic E-state index is 0.0193. The Labute approximate surface area is 534 Å². The number of nitrogens with one attached hydrogen (secondary N) is 2. The Kier molecular flexibility index (Phi) is 23.7. The van der Waals surface area contributed by atoms with Gasteiger partial charge in [-0.25, -0.2) is 4.79 Å². The lowest BCUT2D eigenvalue weighted by molar-refractivity contribution is -0.165. The quantitative estimate of drug-likeness (QED) is 0.0674. The summed E-state index contributed by atoms with van der Waals surface area (Å²) in [6.07, 6.45) is 4.83. The fraction of sp³-hybridized carbons (Fsp3) is 0.500. The van der Waals surface area contributed by atoms with E-state index >= 15 is 9.59 Å². The maximum Gasteiger partial charge on any atom is 0.329 e. The second kappa shape index (κ2) is 31.5. The number of epoxide rings is 1. The van der Waals surface area contributed by atoms with Crippen LogP contribution in [0.25, 0.3) is 0 Å². The monoisotopic (exact) mass is 1250 g/mol. The van der Waals surface area contributed by atoms with E-state index in [1.54, 1.807) is 93.5 Å². The molecule has 3 fully saturated rings. The van der Waals surface area contributed by atoms with E-state index in [9.17, 15) is 33.6 Å². The van der Waals surface area contributed by atoms with Crippen molar-refractivity contribution in [1.82, 2.24) is 29.8 Å². The third kappa shape index (κ3) is 17.8. The Morgan fingerprint density at radius 1 is 0.648 bits per heavy atom. The Balaban J connectivity index is 1.08. The standard InChI is InChI=1S/C70H89N7O14/c1-45(2)40-53-63(81)73(5)37-18-17-30-57-69(91-57)89-44-70(3,4)62(80)67(85)77-38-19-16-28-52(77)68(86)90-55(33-31-47-32-34-56(87-8)58(42-47)88-9)49-26-20-27-50(43-49)71-59(78)35-36-60(79)72-61(48-24-14-11-15-25-48)66(84)75(7)54(41-46-22-12-10-13-23-46)65(83)76-39-21-29-51(76)64(82)74(53)6/h10-15,17,20,22-27,30,32,34,42-43,45,51-55,57,61,69H,16,18-19,21,28-29,31,33,35-41,44H2,1-9H3,(H,71,78)(H,72,79)/b30-17+/t51-,52?,53?,54+,55-,57?,61+,69?/m1/s1. The molecule has 8 atom stereocenters. The summed E-state index contributed by atoms with van der Waals surface area (Å²) in [5.74, 6) is -4.08. The minimum Gasteiger partial charge on any atom is -0.493 e. The highest BCUT2D eigenvalue weighted by Crippen LogP contribution is 2.34. The smallest absolute Gasteiger partial charge is 0.329 e. The van der Waals surface area contributed by atoms with Crippen LogP contribution in [0.2, 0.25) is 0 Å². The van der Waals surface area contributed by atoms with Crippen LogP contribution in [-0.4, -0.2) is 176 Å². The van der Waals surface area contributed by atoms with Gasteiger partial charge in [0.25, 0.3) is 5.91 Å². The van der Waals surface area contributed by atoms with E-state index in [-0.39, 0.29) is 63.6 Å². The van der Waals surface area contributed by atoms with Gasteiger partial charge in [0.1, 0.15) is 42.4 Å². The lowest BCUT2D eigenvalue weighted by Crippen LogP contribution is -2.58. The number of nitrogens with zero attached hydrogens (tertiary/aromatic N) is 5. The van der Waals surface area contributed by atoms with Gasteiger partial charge in [-0.2, -0.15) is 0 Å². The van der Waals surface area contributed by atoms with Crippen LogP contribution < -0.4 is 20.1 Å². The number of carbonyl (C=O) groups excluding carboxylic acids is 9. The van der Waals surface area contributed by atoms with Crippen molar-refractivity contribution >= 4 is 58.8 Å². The van der Waals surface area contributed by atoms with Crippen molar-refractivity contribution in [2.45, 2.75) is 153 Å². The van der Waals surface area contributed by atoms with E-state index in [4.69, 9.17) is 23.7 Å². The summed E-state index contributed by atoms with van der Waals surface area (Å²) in [5.41, 5.74) is 1.60. The van der Waals surface area contributed by atoms with E-state index in [1.165, 1.54) is 40.9 Å². The average molecular weight is 1250 g/mol. The number of benzene rings is 4. The zero-order chi connectivity index (χ0) is 65.5. The lowest BCUT2D eigenvalue weighted by atomic mass is 9.87. The molecule has 0 aliphatic carbocycles. The number of likely N-dealkylation sites (N-methyl/N-ethyl adjacent to an activating group) is 3. The molecule has 4 unspecified atom stereocenters. The number of ether oxygens (including phenoxy) is 5. The molecule has 7 amide bonds. The van der Waals surface area contributed by atoms with Gasteiger partial charge in [-0.05, 0) is 110 Å². The number of anilines is 1. The Morgan fingerprint density at radius 3 is 2.03 bits per heavy atom. The zero-order valence-electron chi connectivity index (χ0n) is 53.9. The van der Waals surface area contributed by atoms with Crippen LogP contribution in [0.5, 0.6) is 11.5 Å². The molecule has 3 saturated heterocycles. The molecule has 21 nitrogen and oxygen atoms in total. The number of carbonyl (C=O) groups is 9. The molecule has 8 rings (SSSR count). The van der Waals surface area contributed by atoms with Gasteiger partial charge in [0, 0.05) is 65.7 Å². The molecule has 4 aromatic carbocycles. The number of hydrogen-bond acceptors (Lipinski definition) is 14. The molecule has 91 heavy (non-hydrogen) atoms. The summed E-state index contributed by atoms with van der Waals surface area (Å²) in [7, 11) is 7.87. The molecule has 2 N–H and O–H groups in total. The van der Waals surface area contributed by atoms with Crippen LogP contribution in [-0.2, 0) is 70.2 Å². The molecular weight excluding hydrogens is 1160 g/mol. The first-order valence-corrected chi connectivity index (χ1v) is 31.7. The molecule has 0 radical (unpaired) electrons. The maximum atomic E-state index is 15.2. The van der Waals surface area contributed by atoms with Gasteiger partial charge in [0.05, 0.1) is 26.2 Å². The van der Waals surface area contributed by atoms with Gasteiger partial charge in [-0.3, -0.25) is 38.4 Å². The molecule has 0 spiro atoms. The Hall–Kier alpha value is -8.43. The van der Waals surface area contributed by atoms with Crippen molar-refractivity contribution in [1.29, 1.82) is 0 Å². The number of aryl methyl sites for hydroxylation is 1. The normalized spacial score (nSPS) is 25.4. The summed E-state index contributed by atoms with van der Waals surface area (Å²) < 4.78 is 29.2. The average Bonchev–Trinajstić information content (AvgIpc) is 1.88. The summed E-state index contributed by atoms with van der Waals surface area (Å²) in [6, 6.07) is 24.8. The zero-order valence-corrected chi connectivity index (χ0v) is 53.9. The van der Waals surface area contributed by atoms with Gasteiger partial charge in [-0.1, -0.05) is 119 Å². The number of ketones is 1. The second-order valence-electron chi connectivity index (χ2n) is 25.2. The minimum atomic E-state index is -1.31. The third-order valence-corrected chi connectivity index (χ3v) is 17.5. The largest absolute Gasteiger partial charge is 0.493 e. The summed E-state index contributed by atoms with van der Waals surface area (Å²) in [4.78, 5) is 138. The van der Waals surface area contributed by atoms with E-state index < -0.39 is 101 Å². The van der Waals surface area contributed by atoms with E-state index in [0.717, 1.165) is 11.1 Å². The molecule has 0 aromatic heterocycles. The molecule has 21 heteroatoms. The number of esters is 1. The van der Waals surface area contributed by atoms with Gasteiger partial charge >= 0.3 is 5.97 Å². The van der Waals surface area contributed by atoms with Crippen LogP contribution in [0, 0.1) is 11.3 Å². The van der Waals surface area contributed by atoms with Gasteiger partial charge in [-0.15, -0.1) is 0 Å². The first kappa shape index (κ1) is 68.5. The third-order valence-electron chi connectivity index (χ3n) is 17.5. The Morgan fingerprint density at radius 2 is 1.32 bits per heavy atom. The fourth-order valence-electron chi connectivity index (χ4n) is 12.0. The summed E-state index contributed by atoms with van der Waals surface area (Å²) >= 11 is 0. The van der Waals surface area contributed by atoms with Crippen molar-refractivity contribution in [3.8, 4) is 11.5 Å². The highest BCUT2D eigenvalue weighted by molar-refractivity contribution is 6.38. The summed E-state index contributed by atoms with van der Waals surface area (Å²) in [6.45, 7) is 7.71. The predicted octanol–water partition coefficient (Wildman–Crippen LogP) is 7.57. The maximum absolute atomic E-state index is 15.2. The number of piperidine rings is 1. The van der Waals surface area contributed by atoms with Crippen LogP contribution >= 0.6 is 0 Å². The number of hydrogen-bond donors (Lipinski definition) is 2. The van der Waals surface area contributed by atoms with Crippen LogP contribution in [0.1, 0.15) is 126 Å². The molecule has 2 bridgehead atoms. The van der Waals surface area contributed by atoms with Crippen molar-refractivity contribution in [2.24, 2.45) is 11.3 Å². The molecule has 4 aliphatic heterocycles. The fourth-order valence-corrected chi connectivity index (χ4v) is 12.0. The van der Waals surface area contributed by atoms with Gasteiger partial charge < -0.3 is 58.8 Å². The topological polar surface area (TPSA) is 243 Å². The first-order chi connectivity index (χ1) is 43.6. The SMILES string of the molecule is COc1ccc(CC[C@H]2OC(=O)C3CCCCN3C(=O)C(=O)C(C)(C)COC3OC3/C=C/CCN(C)C(=O)C(CC(C)C)N(C)C(=O)[C@H]3CCCN3C(=O)[C@H](Cc3ccccc3)N(C)C(=O)[C@H](c3ccccc3)NC(=O)CCC(=O)Nc3cccc2c3)cc1OC. The number of fused-ring (bicyclic) bond motifs is 5. The van der Waals surface area contributed by atoms with Gasteiger partial charge in [0.15, 0.2) is 17.8 Å². The highest BCUT2D eigenvalue weighted by atomic mass is 16.8. The molecule has 4 aliphatic rings. The van der Waals surface area contributed by atoms with E-state index in [1.807, 2.05) is 68.5 Å². The molecular formula is C70H89N7O14. The number of methoxy groups -OCH3 is 2. The molecule has 0 saturated carbocycles. The summed E-state index contributed by atoms with van der Waals surface area (Å²) in [5, 5.41) is 5.73. The molecule has 4 aromatic rings. The van der Waals surface area contributed by atoms with Crippen molar-refractivity contribution in [2.75, 3.05) is 66.9 Å². The molecule has 488 valence electrons. The van der Waals surface area contributed by atoms with Crippen LogP contribution in [0.15, 0.2) is 115 Å². The predicted molar refractivity (Wildman–Crippen MR) is 340 cm³/mol. The lowest BCUT2D eigenvalue weighted by Gasteiger charge is -2.37. The van der Waals surface area contributed by atoms with Crippen LogP contribution in [0.3, 0.4) is 0 Å². The number of Topliss-reactive ketones (excluding diaryl/α,β-unsaturated/α-hetero) is 1. The number of amides is 7. The van der Waals surface area contributed by atoms with E-state index in [2.05, 4.69) is 10.6 Å². The van der Waals surface area contributed by atoms with Gasteiger partial charge in [0.2, 0.25) is 41.2 Å². The Bertz CT molecular complexity index is 3270. The van der Waals surface area contributed by atoms with E-state index in [0.29, 0.717) is 79.8 Å². The van der Waals surface area contributed by atoms with Crippen molar-refractivity contribution < 1.29 is 66.8 Å². The van der Waals surface area contributed by atoms with Crippen LogP contribution in [0.4, 0.5) is 5.69 Å².